The molecule has 0 atom stereocenters. The van der Waals surface area contributed by atoms with Crippen LogP contribution in [0.5, 0.6) is 0 Å². The molecule has 1 heterocycles. The summed E-state index contributed by atoms with van der Waals surface area (Å²) in [7, 11) is 0. The fourth-order valence-electron chi connectivity index (χ4n) is 1.46. The summed E-state index contributed by atoms with van der Waals surface area (Å²) in [5, 5.41) is 2.23. The average molecular weight is 305 g/mol. The lowest BCUT2D eigenvalue weighted by molar-refractivity contribution is -0.168. The van der Waals surface area contributed by atoms with E-state index in [1.165, 1.54) is 11.3 Å². The number of benzene rings is 1. The fraction of sp³-hybridized carbons (Fsp3) is 0.308. The smallest absolute Gasteiger partial charge is 0.330 e. The van der Waals surface area contributed by atoms with Gasteiger partial charge in [0.1, 0.15) is 11.6 Å². The van der Waals surface area contributed by atoms with Crippen LogP contribution in [0.3, 0.4) is 0 Å². The fourth-order valence-corrected chi connectivity index (χ4v) is 2.19. The van der Waals surface area contributed by atoms with Crippen molar-refractivity contribution in [2.75, 3.05) is 6.61 Å². The Morgan fingerprint density at radius 1 is 1.20 bits per heavy atom. The molecular weight excluding hydrogens is 294 g/mol. The molecule has 0 aliphatic rings. The molecule has 0 unspecified atom stereocenters. The molecule has 0 saturated carbocycles. The third-order valence-electron chi connectivity index (χ3n) is 2.46. The highest BCUT2D eigenvalue weighted by atomic mass is 32.1. The van der Waals surface area contributed by atoms with Gasteiger partial charge in [-0.1, -0.05) is 30.3 Å². The lowest BCUT2D eigenvalue weighted by Gasteiger charge is -2.14. The number of rotatable bonds is 6. The van der Waals surface area contributed by atoms with E-state index in [-0.39, 0.29) is 6.61 Å². The zero-order valence-electron chi connectivity index (χ0n) is 10.2. The van der Waals surface area contributed by atoms with Crippen LogP contribution in [0.4, 0.5) is 17.6 Å². The molecule has 0 bridgehead atoms. The summed E-state index contributed by atoms with van der Waals surface area (Å²) in [5.74, 6) is -4.13. The van der Waals surface area contributed by atoms with Crippen molar-refractivity contribution in [3.05, 3.63) is 40.7 Å². The number of ether oxygens (including phenoxy) is 1. The number of aromatic nitrogens is 1. The third-order valence-corrected chi connectivity index (χ3v) is 3.28. The van der Waals surface area contributed by atoms with E-state index < -0.39 is 19.0 Å². The lowest BCUT2D eigenvalue weighted by atomic mass is 10.2. The minimum absolute atomic E-state index is 0.209. The van der Waals surface area contributed by atoms with Gasteiger partial charge in [0.05, 0.1) is 12.3 Å². The van der Waals surface area contributed by atoms with E-state index in [4.69, 9.17) is 0 Å². The Balaban J connectivity index is 1.91. The van der Waals surface area contributed by atoms with Crippen LogP contribution in [0.25, 0.3) is 11.3 Å². The Morgan fingerprint density at radius 2 is 1.90 bits per heavy atom. The first kappa shape index (κ1) is 14.9. The number of alkyl halides is 4. The SMILES string of the molecule is FC(F)C(F)(F)COCc1nc(-c2ccccc2)cs1. The van der Waals surface area contributed by atoms with Crippen molar-refractivity contribution >= 4 is 11.3 Å². The molecule has 7 heteroatoms. The van der Waals surface area contributed by atoms with Gasteiger partial charge in [0.25, 0.3) is 0 Å². The second kappa shape index (κ2) is 6.32. The zero-order chi connectivity index (χ0) is 14.6. The van der Waals surface area contributed by atoms with Crippen LogP contribution in [0.2, 0.25) is 0 Å². The van der Waals surface area contributed by atoms with Crippen LogP contribution in [0, 0.1) is 0 Å². The number of hydrogen-bond donors (Lipinski definition) is 0. The van der Waals surface area contributed by atoms with Crippen LogP contribution in [0.15, 0.2) is 35.7 Å². The highest BCUT2D eigenvalue weighted by Gasteiger charge is 2.40. The first-order valence-electron chi connectivity index (χ1n) is 5.72. The van der Waals surface area contributed by atoms with Crippen molar-refractivity contribution in [2.24, 2.45) is 0 Å². The monoisotopic (exact) mass is 305 g/mol. The Kier molecular flexibility index (Phi) is 4.72. The highest BCUT2D eigenvalue weighted by molar-refractivity contribution is 7.09. The topological polar surface area (TPSA) is 22.1 Å². The molecule has 2 rings (SSSR count). The zero-order valence-corrected chi connectivity index (χ0v) is 11.0. The summed E-state index contributed by atoms with van der Waals surface area (Å²) in [5.41, 5.74) is 1.60. The molecule has 1 aromatic heterocycles. The van der Waals surface area contributed by atoms with E-state index in [1.54, 1.807) is 5.38 Å². The van der Waals surface area contributed by atoms with Gasteiger partial charge < -0.3 is 4.74 Å². The summed E-state index contributed by atoms with van der Waals surface area (Å²) in [6.07, 6.45) is -3.72. The maximum absolute atomic E-state index is 12.6. The summed E-state index contributed by atoms with van der Waals surface area (Å²) in [4.78, 5) is 4.21. The van der Waals surface area contributed by atoms with E-state index in [0.717, 1.165) is 5.56 Å². The average Bonchev–Trinajstić information content (AvgIpc) is 2.88. The molecule has 2 aromatic rings. The minimum Gasteiger partial charge on any atom is -0.368 e. The Morgan fingerprint density at radius 3 is 2.55 bits per heavy atom. The maximum Gasteiger partial charge on any atom is 0.330 e. The van der Waals surface area contributed by atoms with Gasteiger partial charge >= 0.3 is 12.3 Å². The van der Waals surface area contributed by atoms with Crippen molar-refractivity contribution in [3.63, 3.8) is 0 Å². The van der Waals surface area contributed by atoms with Crippen molar-refractivity contribution in [1.82, 2.24) is 4.98 Å². The van der Waals surface area contributed by atoms with Gasteiger partial charge in [-0.15, -0.1) is 11.3 Å². The Bertz CT molecular complexity index is 544. The number of thiazole rings is 1. The molecule has 20 heavy (non-hydrogen) atoms. The second-order valence-electron chi connectivity index (χ2n) is 4.05. The van der Waals surface area contributed by atoms with Crippen LogP contribution in [-0.2, 0) is 11.3 Å². The molecule has 1 aromatic carbocycles. The standard InChI is InChI=1S/C13H11F4NOS/c14-12(15)13(16,17)8-19-6-11-18-10(7-20-11)9-4-2-1-3-5-9/h1-5,7,12H,6,8H2. The van der Waals surface area contributed by atoms with Gasteiger partial charge in [-0.2, -0.15) is 8.78 Å². The molecular formula is C13H11F4NOS. The summed E-state index contributed by atoms with van der Waals surface area (Å²) in [6.45, 7) is -1.52. The van der Waals surface area contributed by atoms with Crippen LogP contribution < -0.4 is 0 Å². The van der Waals surface area contributed by atoms with E-state index >= 15 is 0 Å². The van der Waals surface area contributed by atoms with Crippen LogP contribution >= 0.6 is 11.3 Å². The first-order chi connectivity index (χ1) is 9.49. The van der Waals surface area contributed by atoms with Gasteiger partial charge in [0.15, 0.2) is 0 Å². The van der Waals surface area contributed by atoms with Crippen molar-refractivity contribution < 1.29 is 22.3 Å². The quantitative estimate of drug-likeness (QED) is 0.745. The molecule has 0 spiro atoms. The number of halogens is 4. The summed E-state index contributed by atoms with van der Waals surface area (Å²) >= 11 is 1.23. The van der Waals surface area contributed by atoms with Gasteiger partial charge in [-0.3, -0.25) is 0 Å². The third kappa shape index (κ3) is 3.77. The molecule has 0 N–H and O–H groups in total. The molecule has 108 valence electrons. The van der Waals surface area contributed by atoms with E-state index in [1.807, 2.05) is 30.3 Å². The Labute approximate surface area is 117 Å². The second-order valence-corrected chi connectivity index (χ2v) is 4.99. The van der Waals surface area contributed by atoms with Gasteiger partial charge in [0, 0.05) is 10.9 Å². The molecule has 2 nitrogen and oxygen atoms in total. The first-order valence-corrected chi connectivity index (χ1v) is 6.60. The molecule has 0 amide bonds. The van der Waals surface area contributed by atoms with Crippen molar-refractivity contribution in [2.45, 2.75) is 19.0 Å². The largest absolute Gasteiger partial charge is 0.368 e. The van der Waals surface area contributed by atoms with E-state index in [9.17, 15) is 17.6 Å². The van der Waals surface area contributed by atoms with Gasteiger partial charge in [0.2, 0.25) is 0 Å². The van der Waals surface area contributed by atoms with Crippen molar-refractivity contribution in [3.8, 4) is 11.3 Å². The number of nitrogens with zero attached hydrogens (tertiary/aromatic N) is 1. The predicted octanol–water partition coefficient (Wildman–Crippen LogP) is 4.23. The maximum atomic E-state index is 12.6. The summed E-state index contributed by atoms with van der Waals surface area (Å²) < 4.78 is 53.7. The number of hydrogen-bond acceptors (Lipinski definition) is 3. The molecule has 0 saturated heterocycles. The molecule has 0 radical (unpaired) electrons. The molecule has 0 fully saturated rings. The van der Waals surface area contributed by atoms with E-state index in [2.05, 4.69) is 9.72 Å². The van der Waals surface area contributed by atoms with Gasteiger partial charge in [-0.25, -0.2) is 13.8 Å². The van der Waals surface area contributed by atoms with Crippen molar-refractivity contribution in [1.29, 1.82) is 0 Å². The van der Waals surface area contributed by atoms with Crippen LogP contribution in [0.1, 0.15) is 5.01 Å². The van der Waals surface area contributed by atoms with E-state index in [0.29, 0.717) is 10.7 Å². The lowest BCUT2D eigenvalue weighted by Crippen LogP contribution is -2.32. The normalized spacial score (nSPS) is 12.1. The Hall–Kier alpha value is -1.47. The highest BCUT2D eigenvalue weighted by Crippen LogP contribution is 2.25. The van der Waals surface area contributed by atoms with Crippen LogP contribution in [-0.4, -0.2) is 23.9 Å². The molecule has 0 aliphatic heterocycles. The minimum atomic E-state index is -4.13. The molecule has 0 aliphatic carbocycles. The van der Waals surface area contributed by atoms with Gasteiger partial charge in [-0.05, 0) is 0 Å². The predicted molar refractivity (Wildman–Crippen MR) is 68.2 cm³/mol. The summed E-state index contributed by atoms with van der Waals surface area (Å²) in [6, 6.07) is 9.31.